The van der Waals surface area contributed by atoms with Gasteiger partial charge in [-0.15, -0.1) is 0 Å². The molecule has 0 rings (SSSR count). The summed E-state index contributed by atoms with van der Waals surface area (Å²) in [5.74, 6) is 1.79. The van der Waals surface area contributed by atoms with Gasteiger partial charge in [-0.1, -0.05) is 90.7 Å². The van der Waals surface area contributed by atoms with Crippen molar-refractivity contribution in [2.24, 2.45) is 11.8 Å². The third-order valence-electron chi connectivity index (χ3n) is 4.13. The van der Waals surface area contributed by atoms with Crippen molar-refractivity contribution >= 4 is 0 Å². The molecule has 0 heterocycles. The van der Waals surface area contributed by atoms with Gasteiger partial charge in [-0.2, -0.15) is 0 Å². The van der Waals surface area contributed by atoms with Gasteiger partial charge in [-0.05, 0) is 31.6 Å². The summed E-state index contributed by atoms with van der Waals surface area (Å²) < 4.78 is 0. The van der Waals surface area contributed by atoms with Crippen LogP contribution >= 0.6 is 0 Å². The SMILES string of the molecule is [CH2]/C=C/CCCCC(CCCCCCC[CH2])C(C)C. The molecule has 0 aromatic heterocycles. The van der Waals surface area contributed by atoms with Crippen LogP contribution in [0.2, 0.25) is 0 Å². The van der Waals surface area contributed by atoms with Crippen molar-refractivity contribution in [1.29, 1.82) is 0 Å². The van der Waals surface area contributed by atoms with Crippen LogP contribution in [0.5, 0.6) is 0 Å². The average molecular weight is 264 g/mol. The predicted molar refractivity (Wildman–Crippen MR) is 89.0 cm³/mol. The fourth-order valence-electron chi connectivity index (χ4n) is 2.71. The Morgan fingerprint density at radius 1 is 0.842 bits per heavy atom. The summed E-state index contributed by atoms with van der Waals surface area (Å²) in [6.45, 7) is 12.4. The number of hydrogen-bond acceptors (Lipinski definition) is 0. The van der Waals surface area contributed by atoms with E-state index in [1.54, 1.807) is 0 Å². The number of hydrogen-bond donors (Lipinski definition) is 0. The lowest BCUT2D eigenvalue weighted by Gasteiger charge is -2.20. The lowest BCUT2D eigenvalue weighted by Crippen LogP contribution is -2.08. The molecule has 0 aliphatic heterocycles. The van der Waals surface area contributed by atoms with Gasteiger partial charge in [-0.25, -0.2) is 0 Å². The van der Waals surface area contributed by atoms with Gasteiger partial charge in [0.05, 0.1) is 0 Å². The first kappa shape index (κ1) is 18.7. The minimum atomic E-state index is 0.850. The van der Waals surface area contributed by atoms with Crippen LogP contribution in [-0.4, -0.2) is 0 Å². The quantitative estimate of drug-likeness (QED) is 0.322. The molecular formula is C19H36. The van der Waals surface area contributed by atoms with Crippen LogP contribution in [0.1, 0.15) is 84.5 Å². The Morgan fingerprint density at radius 3 is 2.00 bits per heavy atom. The van der Waals surface area contributed by atoms with Crippen LogP contribution in [0.4, 0.5) is 0 Å². The Balaban J connectivity index is 3.57. The molecule has 0 aliphatic carbocycles. The van der Waals surface area contributed by atoms with E-state index < -0.39 is 0 Å². The summed E-state index contributed by atoms with van der Waals surface area (Å²) in [4.78, 5) is 0. The first-order chi connectivity index (χ1) is 9.22. The van der Waals surface area contributed by atoms with E-state index in [0.29, 0.717) is 0 Å². The highest BCUT2D eigenvalue weighted by Crippen LogP contribution is 2.25. The van der Waals surface area contributed by atoms with E-state index in [9.17, 15) is 0 Å². The molecule has 0 bridgehead atoms. The maximum absolute atomic E-state index is 3.90. The maximum Gasteiger partial charge on any atom is -0.0316 e. The fourth-order valence-corrected chi connectivity index (χ4v) is 2.71. The van der Waals surface area contributed by atoms with E-state index in [1.165, 1.54) is 64.2 Å². The van der Waals surface area contributed by atoms with E-state index in [2.05, 4.69) is 33.8 Å². The summed E-state index contributed by atoms with van der Waals surface area (Å²) in [7, 11) is 0. The molecule has 0 nitrogen and oxygen atoms in total. The highest BCUT2D eigenvalue weighted by Gasteiger charge is 2.12. The highest BCUT2D eigenvalue weighted by atomic mass is 14.2. The van der Waals surface area contributed by atoms with Gasteiger partial charge in [0.2, 0.25) is 0 Å². The molecule has 0 amide bonds. The van der Waals surface area contributed by atoms with Crippen LogP contribution in [0.25, 0.3) is 0 Å². The van der Waals surface area contributed by atoms with Crippen molar-refractivity contribution < 1.29 is 0 Å². The lowest BCUT2D eigenvalue weighted by molar-refractivity contribution is 0.315. The third kappa shape index (κ3) is 12.5. The Labute approximate surface area is 123 Å². The zero-order valence-corrected chi connectivity index (χ0v) is 13.5. The van der Waals surface area contributed by atoms with Crippen LogP contribution in [0.15, 0.2) is 12.2 Å². The van der Waals surface area contributed by atoms with E-state index >= 15 is 0 Å². The van der Waals surface area contributed by atoms with Crippen LogP contribution < -0.4 is 0 Å². The molecule has 0 fully saturated rings. The normalized spacial score (nSPS) is 13.5. The summed E-state index contributed by atoms with van der Waals surface area (Å²) in [6, 6.07) is 0. The summed E-state index contributed by atoms with van der Waals surface area (Å²) >= 11 is 0. The van der Waals surface area contributed by atoms with E-state index in [0.717, 1.165) is 18.3 Å². The minimum Gasteiger partial charge on any atom is -0.0885 e. The smallest absolute Gasteiger partial charge is 0.0316 e. The molecule has 0 heteroatoms. The third-order valence-corrected chi connectivity index (χ3v) is 4.13. The van der Waals surface area contributed by atoms with Crippen molar-refractivity contribution in [2.75, 3.05) is 0 Å². The van der Waals surface area contributed by atoms with Crippen LogP contribution in [0, 0.1) is 25.7 Å². The molecule has 1 atom stereocenters. The van der Waals surface area contributed by atoms with E-state index in [-0.39, 0.29) is 0 Å². The summed E-state index contributed by atoms with van der Waals surface area (Å²) in [6.07, 6.45) is 19.0. The van der Waals surface area contributed by atoms with Gasteiger partial charge in [0.15, 0.2) is 0 Å². The molecular weight excluding hydrogens is 228 g/mol. The largest absolute Gasteiger partial charge is 0.0885 e. The first-order valence-electron chi connectivity index (χ1n) is 8.45. The Kier molecular flexibility index (Phi) is 14.0. The summed E-state index contributed by atoms with van der Waals surface area (Å²) in [5.41, 5.74) is 0. The first-order valence-corrected chi connectivity index (χ1v) is 8.45. The molecule has 112 valence electrons. The van der Waals surface area contributed by atoms with E-state index in [1.807, 2.05) is 6.08 Å². The van der Waals surface area contributed by atoms with Gasteiger partial charge in [0.25, 0.3) is 0 Å². The Bertz CT molecular complexity index is 190. The lowest BCUT2D eigenvalue weighted by atomic mass is 9.86. The molecule has 0 saturated heterocycles. The zero-order valence-electron chi connectivity index (χ0n) is 13.5. The van der Waals surface area contributed by atoms with Gasteiger partial charge >= 0.3 is 0 Å². The molecule has 0 N–H and O–H groups in total. The van der Waals surface area contributed by atoms with Crippen molar-refractivity contribution in [2.45, 2.75) is 84.5 Å². The zero-order chi connectivity index (χ0) is 14.3. The number of unbranched alkanes of at least 4 members (excludes halogenated alkanes) is 7. The van der Waals surface area contributed by atoms with Gasteiger partial charge in [0, 0.05) is 0 Å². The number of rotatable bonds is 13. The summed E-state index contributed by atoms with van der Waals surface area (Å²) in [5, 5.41) is 0. The van der Waals surface area contributed by atoms with Crippen LogP contribution in [-0.2, 0) is 0 Å². The standard InChI is InChI=1S/C19H36/c1-5-7-9-11-13-15-17-19(18(3)4)16-14-12-10-8-6-2/h6,8,18-19H,1-2,5,7,9-17H2,3-4H3/b8-6+. The molecule has 2 radical (unpaired) electrons. The van der Waals surface area contributed by atoms with Crippen molar-refractivity contribution in [1.82, 2.24) is 0 Å². The molecule has 0 aromatic rings. The van der Waals surface area contributed by atoms with Crippen LogP contribution in [0.3, 0.4) is 0 Å². The molecule has 0 saturated carbocycles. The monoisotopic (exact) mass is 264 g/mol. The second kappa shape index (κ2) is 14.2. The molecule has 0 aliphatic rings. The van der Waals surface area contributed by atoms with Gasteiger partial charge in [0.1, 0.15) is 0 Å². The van der Waals surface area contributed by atoms with Crippen molar-refractivity contribution in [3.63, 3.8) is 0 Å². The van der Waals surface area contributed by atoms with Gasteiger partial charge in [-0.3, -0.25) is 0 Å². The Morgan fingerprint density at radius 2 is 1.42 bits per heavy atom. The molecule has 0 aromatic carbocycles. The van der Waals surface area contributed by atoms with Gasteiger partial charge < -0.3 is 0 Å². The average Bonchev–Trinajstić information content (AvgIpc) is 2.39. The second-order valence-corrected chi connectivity index (χ2v) is 6.17. The topological polar surface area (TPSA) is 0 Å². The fraction of sp³-hybridized carbons (Fsp3) is 0.789. The van der Waals surface area contributed by atoms with Crippen molar-refractivity contribution in [3.8, 4) is 0 Å². The molecule has 0 spiro atoms. The molecule has 19 heavy (non-hydrogen) atoms. The molecule has 1 unspecified atom stereocenters. The predicted octanol–water partition coefficient (Wildman–Crippen LogP) is 6.77. The minimum absolute atomic E-state index is 0.850. The Hall–Kier alpha value is -0.260. The van der Waals surface area contributed by atoms with Crippen molar-refractivity contribution in [3.05, 3.63) is 26.0 Å². The second-order valence-electron chi connectivity index (χ2n) is 6.17. The highest BCUT2D eigenvalue weighted by molar-refractivity contribution is 4.83. The number of allylic oxidation sites excluding steroid dienone is 2. The maximum atomic E-state index is 3.90. The van der Waals surface area contributed by atoms with E-state index in [4.69, 9.17) is 0 Å².